The van der Waals surface area contributed by atoms with E-state index in [2.05, 4.69) is 0 Å². The van der Waals surface area contributed by atoms with Crippen molar-refractivity contribution in [3.05, 3.63) is 96.3 Å². The fourth-order valence-electron chi connectivity index (χ4n) is 4.47. The first-order chi connectivity index (χ1) is 15.5. The molecule has 0 aromatic heterocycles. The Balaban J connectivity index is 1.55. The Morgan fingerprint density at radius 1 is 0.656 bits per heavy atom. The standard InChI is InChI=1S/C26H24O4P2/c1-3-19-21-12-6-9-15-25(21)31(27,29-23(19)4-2)17-18-32(28)26-16-10-7-13-22(26)20-11-5-8-14-24(20)30-32/h3-16H,17-18H2,1-2H3. The number of hydrogen-bond donors (Lipinski definition) is 0. The van der Waals surface area contributed by atoms with E-state index in [1.54, 1.807) is 0 Å². The summed E-state index contributed by atoms with van der Waals surface area (Å²) in [5.41, 5.74) is 3.67. The highest BCUT2D eigenvalue weighted by molar-refractivity contribution is 7.71. The summed E-state index contributed by atoms with van der Waals surface area (Å²) in [6, 6.07) is 22.9. The molecule has 2 aliphatic heterocycles. The van der Waals surface area contributed by atoms with Gasteiger partial charge in [0.1, 0.15) is 11.5 Å². The minimum absolute atomic E-state index is 0.131. The van der Waals surface area contributed by atoms with Crippen LogP contribution < -0.4 is 15.1 Å². The second-order valence-electron chi connectivity index (χ2n) is 7.86. The van der Waals surface area contributed by atoms with Crippen molar-refractivity contribution in [1.29, 1.82) is 0 Å². The topological polar surface area (TPSA) is 52.6 Å². The van der Waals surface area contributed by atoms with Gasteiger partial charge >= 0.3 is 0 Å². The maximum absolute atomic E-state index is 14.2. The van der Waals surface area contributed by atoms with Crippen molar-refractivity contribution in [2.45, 2.75) is 13.8 Å². The smallest absolute Gasteiger partial charge is 0.278 e. The first kappa shape index (κ1) is 21.1. The van der Waals surface area contributed by atoms with Crippen LogP contribution in [-0.4, -0.2) is 12.3 Å². The monoisotopic (exact) mass is 462 g/mol. The third-order valence-electron chi connectivity index (χ3n) is 6.01. The van der Waals surface area contributed by atoms with Gasteiger partial charge in [0.25, 0.3) is 14.7 Å². The van der Waals surface area contributed by atoms with Gasteiger partial charge in [-0.15, -0.1) is 0 Å². The average molecular weight is 462 g/mol. The summed E-state index contributed by atoms with van der Waals surface area (Å²) in [6.07, 6.45) is 4.07. The largest absolute Gasteiger partial charge is 0.439 e. The summed E-state index contributed by atoms with van der Waals surface area (Å²) in [5, 5.41) is 1.35. The Bertz CT molecular complexity index is 1370. The van der Waals surface area contributed by atoms with Gasteiger partial charge in [0.15, 0.2) is 0 Å². The van der Waals surface area contributed by atoms with Crippen molar-refractivity contribution in [1.82, 2.24) is 0 Å². The highest BCUT2D eigenvalue weighted by atomic mass is 31.2. The van der Waals surface area contributed by atoms with Crippen LogP contribution >= 0.6 is 14.7 Å². The molecule has 5 rings (SSSR count). The molecule has 4 nitrogen and oxygen atoms in total. The van der Waals surface area contributed by atoms with Gasteiger partial charge in [-0.05, 0) is 49.2 Å². The second-order valence-corrected chi connectivity index (χ2v) is 12.8. The summed E-state index contributed by atoms with van der Waals surface area (Å²) >= 11 is 0. The van der Waals surface area contributed by atoms with Gasteiger partial charge in [-0.1, -0.05) is 60.7 Å². The van der Waals surface area contributed by atoms with Crippen LogP contribution in [0.25, 0.3) is 16.7 Å². The Morgan fingerprint density at radius 3 is 1.84 bits per heavy atom. The predicted molar refractivity (Wildman–Crippen MR) is 132 cm³/mol. The number of fused-ring (bicyclic) bond motifs is 4. The Hall–Kier alpha value is -2.80. The third-order valence-corrected chi connectivity index (χ3v) is 11.2. The summed E-state index contributed by atoms with van der Waals surface area (Å²) < 4.78 is 40.6. The molecule has 0 amide bonds. The molecule has 2 heterocycles. The maximum Gasteiger partial charge on any atom is 0.278 e. The number of para-hydroxylation sites is 1. The molecule has 6 heteroatoms. The number of hydrogen-bond acceptors (Lipinski definition) is 4. The molecule has 0 saturated heterocycles. The molecule has 0 aliphatic carbocycles. The van der Waals surface area contributed by atoms with E-state index in [9.17, 15) is 9.13 Å². The fraction of sp³-hybridized carbons (Fsp3) is 0.154. The van der Waals surface area contributed by atoms with E-state index in [4.69, 9.17) is 9.05 Å². The molecule has 0 fully saturated rings. The van der Waals surface area contributed by atoms with Gasteiger partial charge in [0.05, 0.1) is 10.6 Å². The Labute approximate surface area is 188 Å². The van der Waals surface area contributed by atoms with Crippen LogP contribution in [0.2, 0.25) is 0 Å². The van der Waals surface area contributed by atoms with Crippen LogP contribution in [0.15, 0.2) is 90.7 Å². The van der Waals surface area contributed by atoms with E-state index in [-0.39, 0.29) is 12.3 Å². The molecule has 0 N–H and O–H groups in total. The quantitative estimate of drug-likeness (QED) is 0.412. The average Bonchev–Trinajstić information content (AvgIpc) is 2.83. The minimum atomic E-state index is -3.29. The molecule has 162 valence electrons. The van der Waals surface area contributed by atoms with Crippen molar-refractivity contribution in [3.8, 4) is 16.9 Å². The van der Waals surface area contributed by atoms with E-state index in [0.717, 1.165) is 22.3 Å². The molecule has 0 spiro atoms. The van der Waals surface area contributed by atoms with Crippen molar-refractivity contribution >= 4 is 30.9 Å². The molecular weight excluding hydrogens is 438 g/mol. The molecule has 3 aromatic carbocycles. The summed E-state index contributed by atoms with van der Waals surface area (Å²) in [5.74, 6) is 1.20. The zero-order chi connectivity index (χ0) is 22.3. The molecule has 2 aliphatic rings. The molecule has 2 unspecified atom stereocenters. The van der Waals surface area contributed by atoms with Crippen molar-refractivity contribution in [2.24, 2.45) is 0 Å². The Kier molecular flexibility index (Phi) is 5.24. The lowest BCUT2D eigenvalue weighted by atomic mass is 10.0. The molecule has 0 bridgehead atoms. The fourth-order valence-corrected chi connectivity index (χ4v) is 10.2. The first-order valence-corrected chi connectivity index (χ1v) is 14.3. The van der Waals surface area contributed by atoms with E-state index in [1.807, 2.05) is 98.8 Å². The van der Waals surface area contributed by atoms with E-state index < -0.39 is 14.7 Å². The summed E-state index contributed by atoms with van der Waals surface area (Å²) in [4.78, 5) is 0. The van der Waals surface area contributed by atoms with Crippen LogP contribution in [0.1, 0.15) is 19.4 Å². The van der Waals surface area contributed by atoms with Gasteiger partial charge in [0, 0.05) is 23.5 Å². The SMILES string of the molecule is CC=C1OP(=O)(CCP2(=O)Oc3ccccc3-c3ccccc32)c2ccccc2C1=CC. The van der Waals surface area contributed by atoms with Gasteiger partial charge in [0.2, 0.25) is 0 Å². The van der Waals surface area contributed by atoms with Crippen LogP contribution in [0.5, 0.6) is 5.75 Å². The lowest BCUT2D eigenvalue weighted by Gasteiger charge is -2.33. The maximum atomic E-state index is 14.2. The van der Waals surface area contributed by atoms with Crippen molar-refractivity contribution in [3.63, 3.8) is 0 Å². The molecular formula is C26H24O4P2. The molecule has 0 radical (unpaired) electrons. The summed E-state index contributed by atoms with van der Waals surface area (Å²) in [6.45, 7) is 3.81. The predicted octanol–water partition coefficient (Wildman–Crippen LogP) is 6.59. The normalized spacial score (nSPS) is 25.9. The van der Waals surface area contributed by atoms with Crippen LogP contribution in [-0.2, 0) is 13.7 Å². The van der Waals surface area contributed by atoms with E-state index in [1.165, 1.54) is 0 Å². The third kappa shape index (κ3) is 3.30. The summed E-state index contributed by atoms with van der Waals surface area (Å²) in [7, 11) is -6.59. The zero-order valence-corrected chi connectivity index (χ0v) is 19.8. The highest BCUT2D eigenvalue weighted by Crippen LogP contribution is 2.60. The Morgan fingerprint density at radius 2 is 1.19 bits per heavy atom. The number of allylic oxidation sites excluding steroid dienone is 3. The molecule has 32 heavy (non-hydrogen) atoms. The van der Waals surface area contributed by atoms with Crippen LogP contribution in [0, 0.1) is 0 Å². The minimum Gasteiger partial charge on any atom is -0.439 e. The van der Waals surface area contributed by atoms with Crippen molar-refractivity contribution in [2.75, 3.05) is 12.3 Å². The number of rotatable bonds is 3. The zero-order valence-electron chi connectivity index (χ0n) is 18.0. The van der Waals surface area contributed by atoms with Crippen molar-refractivity contribution < 1.29 is 18.2 Å². The number of benzene rings is 3. The van der Waals surface area contributed by atoms with Crippen LogP contribution in [0.3, 0.4) is 0 Å². The molecule has 2 atom stereocenters. The van der Waals surface area contributed by atoms with Crippen LogP contribution in [0.4, 0.5) is 0 Å². The molecule has 0 saturated carbocycles. The lowest BCUT2D eigenvalue weighted by Crippen LogP contribution is -2.25. The van der Waals surface area contributed by atoms with Gasteiger partial charge in [-0.2, -0.15) is 0 Å². The highest BCUT2D eigenvalue weighted by Gasteiger charge is 2.42. The van der Waals surface area contributed by atoms with E-state index in [0.29, 0.717) is 22.1 Å². The lowest BCUT2D eigenvalue weighted by molar-refractivity contribution is 0.425. The van der Waals surface area contributed by atoms with Gasteiger partial charge in [-0.3, -0.25) is 9.13 Å². The van der Waals surface area contributed by atoms with Gasteiger partial charge in [-0.25, -0.2) is 0 Å². The first-order valence-electron chi connectivity index (χ1n) is 10.7. The van der Waals surface area contributed by atoms with Gasteiger partial charge < -0.3 is 9.05 Å². The molecule has 3 aromatic rings. The van der Waals surface area contributed by atoms with E-state index >= 15 is 0 Å². The second kappa shape index (κ2) is 7.96.